The lowest BCUT2D eigenvalue weighted by molar-refractivity contribution is -0.121. The second kappa shape index (κ2) is 9.84. The summed E-state index contributed by atoms with van der Waals surface area (Å²) in [5, 5.41) is 17.1. The maximum absolute atomic E-state index is 12.7. The molecule has 0 spiro atoms. The molecule has 3 N–H and O–H groups in total. The fourth-order valence-corrected chi connectivity index (χ4v) is 3.95. The summed E-state index contributed by atoms with van der Waals surface area (Å²) in [6, 6.07) is 10.00. The number of halogens is 1. The van der Waals surface area contributed by atoms with Crippen LogP contribution in [0, 0.1) is 0 Å². The molecule has 2 aromatic carbocycles. The lowest BCUT2D eigenvalue weighted by Crippen LogP contribution is -2.31. The number of amides is 2. The van der Waals surface area contributed by atoms with Crippen molar-refractivity contribution in [2.24, 2.45) is 15.9 Å². The molecular formula is C20H19BrN4O5S. The van der Waals surface area contributed by atoms with Crippen molar-refractivity contribution < 1.29 is 24.2 Å². The number of nitrogens with zero attached hydrogens (tertiary/aromatic N) is 3. The van der Waals surface area contributed by atoms with Gasteiger partial charge in [0.05, 0.1) is 26.1 Å². The minimum absolute atomic E-state index is 0.0197. The van der Waals surface area contributed by atoms with Crippen LogP contribution in [-0.2, 0) is 9.59 Å². The molecule has 0 unspecified atom stereocenters. The van der Waals surface area contributed by atoms with Gasteiger partial charge in [0.25, 0.3) is 0 Å². The minimum Gasteiger partial charge on any atom is -0.502 e. The van der Waals surface area contributed by atoms with Crippen molar-refractivity contribution in [3.05, 3.63) is 46.4 Å². The molecule has 1 fully saturated rings. The molecule has 2 aromatic rings. The Bertz CT molecular complexity index is 1030. The number of phenols is 1. The van der Waals surface area contributed by atoms with E-state index in [4.69, 9.17) is 15.2 Å². The third-order valence-corrected chi connectivity index (χ3v) is 5.82. The van der Waals surface area contributed by atoms with Crippen LogP contribution in [0.2, 0.25) is 0 Å². The predicted octanol–water partition coefficient (Wildman–Crippen LogP) is 2.89. The number of thioether (sulfide) groups is 1. The van der Waals surface area contributed by atoms with Gasteiger partial charge in [-0.2, -0.15) is 5.10 Å². The molecule has 1 aliphatic rings. The van der Waals surface area contributed by atoms with Gasteiger partial charge in [0.1, 0.15) is 5.25 Å². The van der Waals surface area contributed by atoms with Gasteiger partial charge in [0, 0.05) is 16.5 Å². The molecule has 3 rings (SSSR count). The molecule has 0 radical (unpaired) electrons. The third kappa shape index (κ3) is 5.17. The van der Waals surface area contributed by atoms with Gasteiger partial charge < -0.3 is 20.3 Å². The summed E-state index contributed by atoms with van der Waals surface area (Å²) in [6.45, 7) is 0. The van der Waals surface area contributed by atoms with Gasteiger partial charge in [-0.25, -0.2) is 4.90 Å². The van der Waals surface area contributed by atoms with Gasteiger partial charge in [0.15, 0.2) is 16.7 Å². The fourth-order valence-electron chi connectivity index (χ4n) is 2.87. The SMILES string of the molecule is COc1cc(/C=N/N=C(N)S[C@H]2CC(=O)N(c3ccc(Br)cc3)C2=O)cc(OC)c1O. The van der Waals surface area contributed by atoms with E-state index >= 15 is 0 Å². The lowest BCUT2D eigenvalue weighted by atomic mass is 10.2. The molecule has 2 amide bonds. The van der Waals surface area contributed by atoms with Gasteiger partial charge in [0.2, 0.25) is 17.6 Å². The number of carbonyl (C=O) groups is 2. The molecule has 1 aliphatic heterocycles. The number of hydrogen-bond acceptors (Lipinski definition) is 8. The standard InChI is InChI=1S/C20H19BrN4O5S/c1-29-14-7-11(8-15(30-2)18(14)27)10-23-24-20(22)31-16-9-17(26)25(19(16)28)13-5-3-12(21)4-6-13/h3-8,10,16,27H,9H2,1-2H3,(H2,22,24)/b23-10+/t16-/m0/s1. The largest absolute Gasteiger partial charge is 0.502 e. The predicted molar refractivity (Wildman–Crippen MR) is 123 cm³/mol. The smallest absolute Gasteiger partial charge is 0.247 e. The zero-order valence-electron chi connectivity index (χ0n) is 16.6. The Morgan fingerprint density at radius 1 is 1.23 bits per heavy atom. The van der Waals surface area contributed by atoms with Crippen molar-refractivity contribution in [3.63, 3.8) is 0 Å². The van der Waals surface area contributed by atoms with Gasteiger partial charge in [-0.3, -0.25) is 9.59 Å². The highest BCUT2D eigenvalue weighted by atomic mass is 79.9. The first kappa shape index (κ1) is 22.6. The Hall–Kier alpha value is -3.05. The maximum atomic E-state index is 12.7. The zero-order valence-corrected chi connectivity index (χ0v) is 19.0. The molecule has 1 atom stereocenters. The number of rotatable bonds is 6. The summed E-state index contributed by atoms with van der Waals surface area (Å²) >= 11 is 4.30. The van der Waals surface area contributed by atoms with Crippen LogP contribution in [0.5, 0.6) is 17.2 Å². The first-order valence-corrected chi connectivity index (χ1v) is 10.6. The number of ether oxygens (including phenoxy) is 2. The topological polar surface area (TPSA) is 127 Å². The molecule has 0 aliphatic carbocycles. The fraction of sp³-hybridized carbons (Fsp3) is 0.200. The van der Waals surface area contributed by atoms with E-state index in [1.54, 1.807) is 36.4 Å². The van der Waals surface area contributed by atoms with E-state index in [9.17, 15) is 14.7 Å². The normalized spacial score (nSPS) is 16.9. The highest BCUT2D eigenvalue weighted by molar-refractivity contribution is 9.10. The van der Waals surface area contributed by atoms with E-state index in [0.717, 1.165) is 21.1 Å². The molecule has 162 valence electrons. The van der Waals surface area contributed by atoms with Crippen LogP contribution in [0.1, 0.15) is 12.0 Å². The van der Waals surface area contributed by atoms with E-state index in [1.807, 2.05) is 0 Å². The Morgan fingerprint density at radius 3 is 2.42 bits per heavy atom. The number of benzene rings is 2. The Kier molecular flexibility index (Phi) is 7.18. The monoisotopic (exact) mass is 506 g/mol. The van der Waals surface area contributed by atoms with Crippen LogP contribution < -0.4 is 20.1 Å². The van der Waals surface area contributed by atoms with Crippen molar-refractivity contribution >= 4 is 56.6 Å². The summed E-state index contributed by atoms with van der Waals surface area (Å²) in [6.07, 6.45) is 1.42. The van der Waals surface area contributed by atoms with Crippen molar-refractivity contribution in [3.8, 4) is 17.2 Å². The van der Waals surface area contributed by atoms with Crippen LogP contribution in [0.3, 0.4) is 0 Å². The van der Waals surface area contributed by atoms with Crippen LogP contribution in [0.15, 0.2) is 51.1 Å². The number of methoxy groups -OCH3 is 2. The number of anilines is 1. The number of aromatic hydroxyl groups is 1. The van der Waals surface area contributed by atoms with Crippen LogP contribution in [0.4, 0.5) is 5.69 Å². The molecule has 1 saturated heterocycles. The number of hydrogen-bond donors (Lipinski definition) is 2. The van der Waals surface area contributed by atoms with Crippen molar-refractivity contribution in [2.45, 2.75) is 11.7 Å². The molecule has 0 bridgehead atoms. The molecule has 1 heterocycles. The van der Waals surface area contributed by atoms with Crippen molar-refractivity contribution in [1.29, 1.82) is 0 Å². The lowest BCUT2D eigenvalue weighted by Gasteiger charge is -2.14. The summed E-state index contributed by atoms with van der Waals surface area (Å²) in [5.41, 5.74) is 6.95. The average molecular weight is 507 g/mol. The van der Waals surface area contributed by atoms with Crippen LogP contribution in [0.25, 0.3) is 0 Å². The van der Waals surface area contributed by atoms with Crippen molar-refractivity contribution in [2.75, 3.05) is 19.1 Å². The number of imide groups is 1. The number of phenolic OH excluding ortho intramolecular Hbond substituents is 1. The van der Waals surface area contributed by atoms with Gasteiger partial charge in [-0.1, -0.05) is 27.7 Å². The molecule has 0 saturated carbocycles. The molecule has 31 heavy (non-hydrogen) atoms. The number of nitrogens with two attached hydrogens (primary N) is 1. The van der Waals surface area contributed by atoms with E-state index in [1.165, 1.54) is 20.4 Å². The zero-order chi connectivity index (χ0) is 22.5. The number of carbonyl (C=O) groups excluding carboxylic acids is 2. The second-order valence-electron chi connectivity index (χ2n) is 6.31. The maximum Gasteiger partial charge on any atom is 0.247 e. The van der Waals surface area contributed by atoms with Gasteiger partial charge in [-0.15, -0.1) is 5.10 Å². The highest BCUT2D eigenvalue weighted by Crippen LogP contribution is 2.36. The molecule has 0 aromatic heterocycles. The van der Waals surface area contributed by atoms with Crippen LogP contribution >= 0.6 is 27.7 Å². The van der Waals surface area contributed by atoms with E-state index in [2.05, 4.69) is 26.1 Å². The Morgan fingerprint density at radius 2 is 1.84 bits per heavy atom. The number of amidine groups is 1. The Balaban J connectivity index is 1.69. The van der Waals surface area contributed by atoms with Crippen LogP contribution in [-0.4, -0.2) is 47.8 Å². The molecule has 9 nitrogen and oxygen atoms in total. The van der Waals surface area contributed by atoms with E-state index in [-0.39, 0.29) is 40.7 Å². The summed E-state index contributed by atoms with van der Waals surface area (Å²) in [4.78, 5) is 26.2. The van der Waals surface area contributed by atoms with Gasteiger partial charge >= 0.3 is 0 Å². The van der Waals surface area contributed by atoms with Gasteiger partial charge in [-0.05, 0) is 36.4 Å². The third-order valence-electron chi connectivity index (χ3n) is 4.32. The Labute approximate surface area is 191 Å². The van der Waals surface area contributed by atoms with E-state index < -0.39 is 5.25 Å². The molecule has 11 heteroatoms. The van der Waals surface area contributed by atoms with E-state index in [0.29, 0.717) is 11.3 Å². The first-order chi connectivity index (χ1) is 14.8. The average Bonchev–Trinajstić information content (AvgIpc) is 3.02. The summed E-state index contributed by atoms with van der Waals surface area (Å²) in [5.74, 6) is -0.345. The molecular weight excluding hydrogens is 488 g/mol. The van der Waals surface area contributed by atoms with Crippen molar-refractivity contribution in [1.82, 2.24) is 0 Å². The first-order valence-electron chi connectivity index (χ1n) is 8.94. The highest BCUT2D eigenvalue weighted by Gasteiger charge is 2.40. The quantitative estimate of drug-likeness (QED) is 0.267. The summed E-state index contributed by atoms with van der Waals surface area (Å²) in [7, 11) is 2.83. The minimum atomic E-state index is -0.677. The second-order valence-corrected chi connectivity index (χ2v) is 8.45. The summed E-state index contributed by atoms with van der Waals surface area (Å²) < 4.78 is 11.0.